The molecule has 0 amide bonds. The first-order chi connectivity index (χ1) is 9.97. The molecule has 0 heterocycles. The summed E-state index contributed by atoms with van der Waals surface area (Å²) in [5.74, 6) is -0.0878. The van der Waals surface area contributed by atoms with E-state index in [0.717, 1.165) is 51.2 Å². The first kappa shape index (κ1) is 19.6. The van der Waals surface area contributed by atoms with Gasteiger partial charge in [-0.15, -0.1) is 0 Å². The Balaban J connectivity index is 0.000000885. The van der Waals surface area contributed by atoms with Gasteiger partial charge in [-0.1, -0.05) is 19.3 Å². The van der Waals surface area contributed by atoms with Crippen LogP contribution in [-0.2, 0) is 14.3 Å². The van der Waals surface area contributed by atoms with Crippen LogP contribution in [0.2, 0.25) is 0 Å². The molecule has 0 aromatic rings. The van der Waals surface area contributed by atoms with E-state index in [4.69, 9.17) is 19.7 Å². The molecule has 1 aliphatic rings. The summed E-state index contributed by atoms with van der Waals surface area (Å²) in [5, 5.41) is 16.1. The molecule has 0 radical (unpaired) electrons. The minimum absolute atomic E-state index is 0.192. The zero-order valence-corrected chi connectivity index (χ0v) is 13.2. The molecule has 0 aromatic heterocycles. The molecule has 5 nitrogen and oxygen atoms in total. The van der Waals surface area contributed by atoms with Gasteiger partial charge in [0, 0.05) is 26.9 Å². The molecule has 0 atom stereocenters. The van der Waals surface area contributed by atoms with Crippen molar-refractivity contribution in [3.63, 3.8) is 0 Å². The molecule has 5 heteroatoms. The average Bonchev–Trinajstić information content (AvgIpc) is 2.79. The molecule has 0 spiro atoms. The number of esters is 1. The molecular formula is C16H28O5. The first-order valence-electron chi connectivity index (χ1n) is 7.67. The highest BCUT2D eigenvalue weighted by atomic mass is 16.5. The third kappa shape index (κ3) is 12.1. The quantitative estimate of drug-likeness (QED) is 0.530. The third-order valence-corrected chi connectivity index (χ3v) is 3.18. The van der Waals surface area contributed by atoms with Crippen LogP contribution in [0.1, 0.15) is 71.6 Å². The molecule has 0 aromatic carbocycles. The average molecular weight is 300 g/mol. The standard InChI is InChI=1S/C14H24O3.C2H4O2/c1-12(16)17-14-10-7-9-13(14)8-5-3-2-4-6-11-15;1-2(3)4/h15H,2-11H2,1H3;1H3,(H,3,4). The zero-order chi connectivity index (χ0) is 16.1. The van der Waals surface area contributed by atoms with Gasteiger partial charge in [0.2, 0.25) is 0 Å². The lowest BCUT2D eigenvalue weighted by Gasteiger charge is -2.06. The molecular weight excluding hydrogens is 272 g/mol. The second kappa shape index (κ2) is 12.4. The van der Waals surface area contributed by atoms with Crippen LogP contribution in [0.4, 0.5) is 0 Å². The lowest BCUT2D eigenvalue weighted by atomic mass is 10.1. The van der Waals surface area contributed by atoms with E-state index in [1.54, 1.807) is 0 Å². The van der Waals surface area contributed by atoms with Crippen LogP contribution >= 0.6 is 0 Å². The maximum Gasteiger partial charge on any atom is 0.307 e. The van der Waals surface area contributed by atoms with E-state index >= 15 is 0 Å². The number of carboxylic acid groups (broad SMARTS) is 1. The SMILES string of the molecule is CC(=O)O.CC(=O)OC1=C(CCCCCCCO)CCC1. The van der Waals surface area contributed by atoms with Crippen molar-refractivity contribution < 1.29 is 24.5 Å². The fourth-order valence-corrected chi connectivity index (χ4v) is 2.32. The number of unbranched alkanes of at least 4 members (excludes halogenated alkanes) is 4. The van der Waals surface area contributed by atoms with Gasteiger partial charge in [0.05, 0.1) is 0 Å². The molecule has 1 aliphatic carbocycles. The molecule has 122 valence electrons. The molecule has 1 rings (SSSR count). The van der Waals surface area contributed by atoms with Crippen LogP contribution < -0.4 is 0 Å². The molecule has 0 saturated heterocycles. The number of aliphatic carboxylic acids is 1. The van der Waals surface area contributed by atoms with E-state index in [2.05, 4.69) is 0 Å². The van der Waals surface area contributed by atoms with Crippen LogP contribution in [0.25, 0.3) is 0 Å². The third-order valence-electron chi connectivity index (χ3n) is 3.18. The molecule has 0 aliphatic heterocycles. The van der Waals surface area contributed by atoms with E-state index in [9.17, 15) is 4.79 Å². The van der Waals surface area contributed by atoms with Crippen LogP contribution in [0.5, 0.6) is 0 Å². The maximum atomic E-state index is 10.9. The van der Waals surface area contributed by atoms with Crippen molar-refractivity contribution >= 4 is 11.9 Å². The first-order valence-corrected chi connectivity index (χ1v) is 7.67. The summed E-state index contributed by atoms with van der Waals surface area (Å²) in [6, 6.07) is 0. The Bertz CT molecular complexity index is 343. The Morgan fingerprint density at radius 3 is 2.19 bits per heavy atom. The smallest absolute Gasteiger partial charge is 0.307 e. The summed E-state index contributed by atoms with van der Waals surface area (Å²) in [6.07, 6.45) is 9.83. The minimum atomic E-state index is -0.833. The Kier molecular flexibility index (Phi) is 11.6. The molecule has 0 bridgehead atoms. The van der Waals surface area contributed by atoms with Crippen LogP contribution in [0.3, 0.4) is 0 Å². The molecule has 0 saturated carbocycles. The maximum absolute atomic E-state index is 10.9. The van der Waals surface area contributed by atoms with Gasteiger partial charge in [0.15, 0.2) is 0 Å². The highest BCUT2D eigenvalue weighted by Crippen LogP contribution is 2.30. The largest absolute Gasteiger partial charge is 0.481 e. The zero-order valence-electron chi connectivity index (χ0n) is 13.2. The number of hydrogen-bond donors (Lipinski definition) is 2. The highest BCUT2D eigenvalue weighted by molar-refractivity contribution is 5.67. The summed E-state index contributed by atoms with van der Waals surface area (Å²) >= 11 is 0. The fourth-order valence-electron chi connectivity index (χ4n) is 2.32. The summed E-state index contributed by atoms with van der Waals surface area (Å²) in [7, 11) is 0. The van der Waals surface area contributed by atoms with Crippen molar-refractivity contribution in [2.45, 2.75) is 71.6 Å². The monoisotopic (exact) mass is 300 g/mol. The van der Waals surface area contributed by atoms with E-state index in [-0.39, 0.29) is 5.97 Å². The topological polar surface area (TPSA) is 83.8 Å². The number of hydrogen-bond acceptors (Lipinski definition) is 4. The summed E-state index contributed by atoms with van der Waals surface area (Å²) in [6.45, 7) is 2.86. The van der Waals surface area contributed by atoms with E-state index < -0.39 is 5.97 Å². The van der Waals surface area contributed by atoms with Gasteiger partial charge in [0.1, 0.15) is 5.76 Å². The second-order valence-electron chi connectivity index (χ2n) is 5.23. The van der Waals surface area contributed by atoms with Crippen molar-refractivity contribution in [2.75, 3.05) is 6.61 Å². The number of carboxylic acids is 1. The Morgan fingerprint density at radius 2 is 1.62 bits per heavy atom. The van der Waals surface area contributed by atoms with E-state index in [1.807, 2.05) is 0 Å². The van der Waals surface area contributed by atoms with Crippen LogP contribution in [-0.4, -0.2) is 28.8 Å². The van der Waals surface area contributed by atoms with Gasteiger partial charge in [-0.2, -0.15) is 0 Å². The van der Waals surface area contributed by atoms with E-state index in [1.165, 1.54) is 31.8 Å². The van der Waals surface area contributed by atoms with E-state index in [0.29, 0.717) is 6.61 Å². The fraction of sp³-hybridized carbons (Fsp3) is 0.750. The van der Waals surface area contributed by atoms with Crippen molar-refractivity contribution in [3.8, 4) is 0 Å². The lowest BCUT2D eigenvalue weighted by Crippen LogP contribution is -1.98. The minimum Gasteiger partial charge on any atom is -0.481 e. The second-order valence-corrected chi connectivity index (χ2v) is 5.23. The number of carbonyl (C=O) groups is 2. The van der Waals surface area contributed by atoms with Crippen molar-refractivity contribution in [2.24, 2.45) is 0 Å². The summed E-state index contributed by atoms with van der Waals surface area (Å²) in [4.78, 5) is 19.9. The Labute approximate surface area is 127 Å². The predicted molar refractivity (Wildman–Crippen MR) is 80.7 cm³/mol. The van der Waals surface area contributed by atoms with Crippen molar-refractivity contribution in [1.29, 1.82) is 0 Å². The van der Waals surface area contributed by atoms with Crippen molar-refractivity contribution in [1.82, 2.24) is 0 Å². The van der Waals surface area contributed by atoms with Crippen LogP contribution in [0, 0.1) is 0 Å². The molecule has 2 N–H and O–H groups in total. The normalized spacial score (nSPS) is 13.7. The Morgan fingerprint density at radius 1 is 1.05 bits per heavy atom. The lowest BCUT2D eigenvalue weighted by molar-refractivity contribution is -0.137. The van der Waals surface area contributed by atoms with Crippen molar-refractivity contribution in [3.05, 3.63) is 11.3 Å². The number of carbonyl (C=O) groups excluding carboxylic acids is 1. The van der Waals surface area contributed by atoms with Gasteiger partial charge in [-0.05, 0) is 37.7 Å². The number of aliphatic hydroxyl groups is 1. The van der Waals surface area contributed by atoms with Gasteiger partial charge in [0.25, 0.3) is 5.97 Å². The summed E-state index contributed by atoms with van der Waals surface area (Å²) in [5.41, 5.74) is 1.35. The molecule has 21 heavy (non-hydrogen) atoms. The predicted octanol–water partition coefficient (Wildman–Crippen LogP) is 3.41. The number of aliphatic hydroxyl groups excluding tert-OH is 1. The summed E-state index contributed by atoms with van der Waals surface area (Å²) < 4.78 is 5.23. The molecule has 0 fully saturated rings. The van der Waals surface area contributed by atoms with Gasteiger partial charge in [-0.25, -0.2) is 0 Å². The van der Waals surface area contributed by atoms with Crippen LogP contribution in [0.15, 0.2) is 11.3 Å². The number of rotatable bonds is 8. The van der Waals surface area contributed by atoms with Gasteiger partial charge < -0.3 is 14.9 Å². The van der Waals surface area contributed by atoms with Gasteiger partial charge >= 0.3 is 5.97 Å². The van der Waals surface area contributed by atoms with Gasteiger partial charge in [-0.3, -0.25) is 9.59 Å². The molecule has 0 unspecified atom stereocenters. The number of allylic oxidation sites excluding steroid dienone is 2. The number of ether oxygens (including phenoxy) is 1. The highest BCUT2D eigenvalue weighted by Gasteiger charge is 2.16. The Hall–Kier alpha value is -1.36.